The van der Waals surface area contributed by atoms with E-state index < -0.39 is 11.7 Å². The first-order valence-electron chi connectivity index (χ1n) is 10.6. The van der Waals surface area contributed by atoms with Gasteiger partial charge in [0.05, 0.1) is 12.8 Å². The van der Waals surface area contributed by atoms with Gasteiger partial charge < -0.3 is 19.3 Å². The SMILES string of the molecule is COc1cc(N2CCC(N3CCN(C)CC3)CC2)ccc1NC(=O)OC(C)(C)C. The van der Waals surface area contributed by atoms with Crippen molar-refractivity contribution >= 4 is 17.5 Å². The highest BCUT2D eigenvalue weighted by Crippen LogP contribution is 2.32. The molecule has 1 amide bonds. The van der Waals surface area contributed by atoms with Crippen molar-refractivity contribution in [2.24, 2.45) is 0 Å². The Kier molecular flexibility index (Phi) is 6.90. The third kappa shape index (κ3) is 6.00. The number of rotatable bonds is 4. The van der Waals surface area contributed by atoms with Gasteiger partial charge in [-0.15, -0.1) is 0 Å². The number of anilines is 2. The van der Waals surface area contributed by atoms with Crippen LogP contribution in [0.1, 0.15) is 33.6 Å². The van der Waals surface area contributed by atoms with E-state index in [1.165, 1.54) is 39.0 Å². The van der Waals surface area contributed by atoms with Crippen LogP contribution in [0.3, 0.4) is 0 Å². The molecule has 29 heavy (non-hydrogen) atoms. The standard InChI is InChI=1S/C22H36N4O3/c1-22(2,3)29-21(27)23-19-7-6-18(16-20(19)28-5)25-10-8-17(9-11-25)26-14-12-24(4)13-15-26/h6-7,16-17H,8-15H2,1-5H3,(H,23,27). The fourth-order valence-corrected chi connectivity index (χ4v) is 4.07. The van der Waals surface area contributed by atoms with Crippen LogP contribution in [0.15, 0.2) is 18.2 Å². The molecule has 1 N–H and O–H groups in total. The molecule has 2 aliphatic rings. The van der Waals surface area contributed by atoms with Gasteiger partial charge in [-0.1, -0.05) is 0 Å². The van der Waals surface area contributed by atoms with Crippen LogP contribution in [-0.4, -0.2) is 81.0 Å². The Morgan fingerprint density at radius 1 is 1.07 bits per heavy atom. The van der Waals surface area contributed by atoms with E-state index in [0.29, 0.717) is 17.5 Å². The number of benzene rings is 1. The Balaban J connectivity index is 1.58. The number of methoxy groups -OCH3 is 1. The predicted octanol–water partition coefficient (Wildman–Crippen LogP) is 3.26. The van der Waals surface area contributed by atoms with Gasteiger partial charge in [0.25, 0.3) is 0 Å². The Bertz CT molecular complexity index is 688. The fourth-order valence-electron chi connectivity index (χ4n) is 4.07. The lowest BCUT2D eigenvalue weighted by molar-refractivity contribution is 0.0635. The van der Waals surface area contributed by atoms with Gasteiger partial charge in [0.1, 0.15) is 11.4 Å². The average molecular weight is 405 g/mol. The molecule has 1 aromatic carbocycles. The highest BCUT2D eigenvalue weighted by atomic mass is 16.6. The van der Waals surface area contributed by atoms with Crippen LogP contribution in [0, 0.1) is 0 Å². The lowest BCUT2D eigenvalue weighted by atomic mass is 10.0. The highest BCUT2D eigenvalue weighted by molar-refractivity contribution is 5.87. The van der Waals surface area contributed by atoms with Crippen molar-refractivity contribution in [1.82, 2.24) is 9.80 Å². The molecule has 162 valence electrons. The molecule has 0 saturated carbocycles. The highest BCUT2D eigenvalue weighted by Gasteiger charge is 2.27. The van der Waals surface area contributed by atoms with E-state index in [1.807, 2.05) is 39.0 Å². The molecule has 0 radical (unpaired) electrons. The number of nitrogens with zero attached hydrogens (tertiary/aromatic N) is 3. The summed E-state index contributed by atoms with van der Waals surface area (Å²) in [6, 6.07) is 6.63. The Morgan fingerprint density at radius 3 is 2.31 bits per heavy atom. The molecule has 0 aromatic heterocycles. The van der Waals surface area contributed by atoms with E-state index in [4.69, 9.17) is 9.47 Å². The first-order chi connectivity index (χ1) is 13.7. The zero-order valence-corrected chi connectivity index (χ0v) is 18.5. The molecule has 0 atom stereocenters. The number of hydrogen-bond acceptors (Lipinski definition) is 6. The fraction of sp³-hybridized carbons (Fsp3) is 0.682. The number of nitrogens with one attached hydrogen (secondary N) is 1. The lowest BCUT2D eigenvalue weighted by Gasteiger charge is -2.42. The minimum Gasteiger partial charge on any atom is -0.494 e. The van der Waals surface area contributed by atoms with Gasteiger partial charge in [-0.2, -0.15) is 0 Å². The van der Waals surface area contributed by atoms with Gasteiger partial charge in [-0.05, 0) is 52.8 Å². The van der Waals surface area contributed by atoms with E-state index in [9.17, 15) is 4.79 Å². The van der Waals surface area contributed by atoms with E-state index in [2.05, 4.69) is 27.1 Å². The summed E-state index contributed by atoms with van der Waals surface area (Å²) in [6.07, 6.45) is 1.89. The normalized spacial score (nSPS) is 19.8. The van der Waals surface area contributed by atoms with Gasteiger partial charge in [-0.25, -0.2) is 4.79 Å². The summed E-state index contributed by atoms with van der Waals surface area (Å²) in [4.78, 5) is 19.6. The molecule has 7 nitrogen and oxygen atoms in total. The maximum Gasteiger partial charge on any atom is 0.412 e. The van der Waals surface area contributed by atoms with Crippen LogP contribution < -0.4 is 15.0 Å². The second kappa shape index (κ2) is 9.22. The smallest absolute Gasteiger partial charge is 0.412 e. The summed E-state index contributed by atoms with van der Waals surface area (Å²) in [5.74, 6) is 0.648. The third-order valence-corrected chi connectivity index (χ3v) is 5.70. The first kappa shape index (κ1) is 21.7. The monoisotopic (exact) mass is 404 g/mol. The molecule has 2 heterocycles. The summed E-state index contributed by atoms with van der Waals surface area (Å²) in [5.41, 5.74) is 1.22. The molecule has 1 aromatic rings. The number of hydrogen-bond donors (Lipinski definition) is 1. The van der Waals surface area contributed by atoms with Gasteiger partial charge in [0, 0.05) is 57.1 Å². The number of piperidine rings is 1. The molecule has 7 heteroatoms. The van der Waals surface area contributed by atoms with Gasteiger partial charge in [-0.3, -0.25) is 10.2 Å². The van der Waals surface area contributed by atoms with Crippen LogP contribution in [-0.2, 0) is 4.74 Å². The third-order valence-electron chi connectivity index (χ3n) is 5.70. The molecule has 0 unspecified atom stereocenters. The number of likely N-dealkylation sites (N-methyl/N-ethyl adjacent to an activating group) is 1. The Morgan fingerprint density at radius 2 is 1.72 bits per heavy atom. The summed E-state index contributed by atoms with van der Waals surface area (Å²) in [5, 5.41) is 2.79. The Hall–Kier alpha value is -1.99. The summed E-state index contributed by atoms with van der Waals surface area (Å²) in [7, 11) is 3.83. The summed E-state index contributed by atoms with van der Waals surface area (Å²) >= 11 is 0. The maximum absolute atomic E-state index is 12.1. The van der Waals surface area contributed by atoms with Gasteiger partial charge in [0.15, 0.2) is 0 Å². The van der Waals surface area contributed by atoms with Crippen LogP contribution >= 0.6 is 0 Å². The van der Waals surface area contributed by atoms with Crippen molar-refractivity contribution in [3.63, 3.8) is 0 Å². The summed E-state index contributed by atoms with van der Waals surface area (Å²) in [6.45, 7) is 12.3. The number of amides is 1. The second-order valence-electron chi connectivity index (χ2n) is 9.07. The summed E-state index contributed by atoms with van der Waals surface area (Å²) < 4.78 is 10.9. The van der Waals surface area contributed by atoms with Crippen LogP contribution in [0.2, 0.25) is 0 Å². The minimum absolute atomic E-state index is 0.475. The molecule has 2 aliphatic heterocycles. The van der Waals surface area contributed by atoms with Crippen LogP contribution in [0.25, 0.3) is 0 Å². The van der Waals surface area contributed by atoms with Crippen LogP contribution in [0.5, 0.6) is 5.75 Å². The molecule has 2 fully saturated rings. The van der Waals surface area contributed by atoms with Crippen molar-refractivity contribution < 1.29 is 14.3 Å². The molecular formula is C22H36N4O3. The van der Waals surface area contributed by atoms with Gasteiger partial charge in [0.2, 0.25) is 0 Å². The largest absolute Gasteiger partial charge is 0.494 e. The van der Waals surface area contributed by atoms with Crippen molar-refractivity contribution in [3.8, 4) is 5.75 Å². The van der Waals surface area contributed by atoms with Crippen molar-refractivity contribution in [1.29, 1.82) is 0 Å². The first-order valence-corrected chi connectivity index (χ1v) is 10.6. The number of piperazine rings is 1. The average Bonchev–Trinajstić information content (AvgIpc) is 2.67. The van der Waals surface area contributed by atoms with Crippen molar-refractivity contribution in [2.45, 2.75) is 45.3 Å². The molecule has 3 rings (SSSR count). The predicted molar refractivity (Wildman–Crippen MR) is 117 cm³/mol. The minimum atomic E-state index is -0.536. The molecular weight excluding hydrogens is 368 g/mol. The van der Waals surface area contributed by atoms with E-state index in [-0.39, 0.29) is 0 Å². The zero-order valence-electron chi connectivity index (χ0n) is 18.5. The zero-order chi connectivity index (χ0) is 21.0. The van der Waals surface area contributed by atoms with E-state index >= 15 is 0 Å². The van der Waals surface area contributed by atoms with Gasteiger partial charge >= 0.3 is 6.09 Å². The second-order valence-corrected chi connectivity index (χ2v) is 9.07. The topological polar surface area (TPSA) is 57.3 Å². The molecule has 0 bridgehead atoms. The van der Waals surface area contributed by atoms with Crippen molar-refractivity contribution in [3.05, 3.63) is 18.2 Å². The number of ether oxygens (including phenoxy) is 2. The lowest BCUT2D eigenvalue weighted by Crippen LogP contribution is -2.52. The Labute approximate surface area is 174 Å². The number of carbonyl (C=O) groups excluding carboxylic acids is 1. The van der Waals surface area contributed by atoms with Crippen molar-refractivity contribution in [2.75, 3.05) is 63.6 Å². The van der Waals surface area contributed by atoms with Crippen LogP contribution in [0.4, 0.5) is 16.2 Å². The molecule has 2 saturated heterocycles. The number of carbonyl (C=O) groups is 1. The molecule has 0 spiro atoms. The molecule has 0 aliphatic carbocycles. The quantitative estimate of drug-likeness (QED) is 0.831. The van der Waals surface area contributed by atoms with E-state index in [0.717, 1.165) is 18.8 Å². The van der Waals surface area contributed by atoms with E-state index in [1.54, 1.807) is 7.11 Å². The maximum atomic E-state index is 12.1.